The number of nitrogens with one attached hydrogen (secondary N) is 1. The number of nitrogens with zero attached hydrogens (tertiary/aromatic N) is 1. The molecular weight excluding hydrogens is 270 g/mol. The summed E-state index contributed by atoms with van der Waals surface area (Å²) in [4.78, 5) is 25.1. The number of rotatable bonds is 3. The van der Waals surface area contributed by atoms with Crippen LogP contribution in [0.25, 0.3) is 0 Å². The van der Waals surface area contributed by atoms with Gasteiger partial charge in [-0.2, -0.15) is 8.78 Å². The zero-order valence-corrected chi connectivity index (χ0v) is 11.0. The molecule has 1 N–H and O–H groups in total. The Hall–Kier alpha value is -2.18. The van der Waals surface area contributed by atoms with Crippen LogP contribution in [0.3, 0.4) is 0 Å². The Labute approximate surface area is 114 Å². The summed E-state index contributed by atoms with van der Waals surface area (Å²) in [6.45, 7) is 0.0612. The number of halogens is 2. The second-order valence-corrected chi connectivity index (χ2v) is 4.46. The van der Waals surface area contributed by atoms with Crippen LogP contribution in [-0.2, 0) is 9.59 Å². The Morgan fingerprint density at radius 2 is 1.90 bits per heavy atom. The van der Waals surface area contributed by atoms with Crippen LogP contribution in [0, 0.1) is 0 Å². The van der Waals surface area contributed by atoms with E-state index in [-0.39, 0.29) is 23.3 Å². The first kappa shape index (κ1) is 14.2. The van der Waals surface area contributed by atoms with E-state index in [2.05, 4.69) is 10.1 Å². The van der Waals surface area contributed by atoms with Gasteiger partial charge in [-0.1, -0.05) is 12.1 Å². The van der Waals surface area contributed by atoms with Crippen molar-refractivity contribution in [3.8, 4) is 5.75 Å². The first-order chi connectivity index (χ1) is 9.41. The molecule has 0 bridgehead atoms. The molecule has 0 saturated carbocycles. The molecule has 1 aromatic rings. The molecule has 2 atom stereocenters. The van der Waals surface area contributed by atoms with Crippen LogP contribution in [-0.4, -0.2) is 30.5 Å². The first-order valence-electron chi connectivity index (χ1n) is 6.09. The first-order valence-corrected chi connectivity index (χ1v) is 6.09. The number of hydrogen-bond acceptors (Lipinski definition) is 3. The topological polar surface area (TPSA) is 58.6 Å². The Morgan fingerprint density at radius 3 is 2.55 bits per heavy atom. The predicted octanol–water partition coefficient (Wildman–Crippen LogP) is 1.53. The lowest BCUT2D eigenvalue weighted by Crippen LogP contribution is -2.61. The number of amides is 2. The average molecular weight is 284 g/mol. The van der Waals surface area contributed by atoms with E-state index in [1.165, 1.54) is 36.9 Å². The maximum Gasteiger partial charge on any atom is 0.387 e. The fourth-order valence-electron chi connectivity index (χ4n) is 2.09. The van der Waals surface area contributed by atoms with Crippen molar-refractivity contribution in [2.24, 2.45) is 0 Å². The second-order valence-electron chi connectivity index (χ2n) is 4.46. The summed E-state index contributed by atoms with van der Waals surface area (Å²) in [6.07, 6.45) is 0. The van der Waals surface area contributed by atoms with E-state index >= 15 is 0 Å². The lowest BCUT2D eigenvalue weighted by Gasteiger charge is -2.36. The maximum absolute atomic E-state index is 12.4. The highest BCUT2D eigenvalue weighted by molar-refractivity contribution is 6.08. The lowest BCUT2D eigenvalue weighted by molar-refractivity contribution is -0.133. The number of carbonyl (C=O) groups excluding carboxylic acids is 2. The summed E-state index contributed by atoms with van der Waals surface area (Å²) in [5.41, 5.74) is 0.159. The predicted molar refractivity (Wildman–Crippen MR) is 67.6 cm³/mol. The molecule has 1 fully saturated rings. The van der Waals surface area contributed by atoms with Crippen molar-refractivity contribution < 1.29 is 23.1 Å². The SMILES string of the molecule is CC1NC(=O)C(C)N(c2ccccc2OC(F)F)C1=O. The zero-order valence-electron chi connectivity index (χ0n) is 11.0. The Balaban J connectivity index is 2.43. The van der Waals surface area contributed by atoms with E-state index in [1.54, 1.807) is 6.07 Å². The molecule has 2 unspecified atom stereocenters. The molecule has 0 radical (unpaired) electrons. The molecule has 0 aromatic heterocycles. The second kappa shape index (κ2) is 5.44. The van der Waals surface area contributed by atoms with Gasteiger partial charge < -0.3 is 10.1 Å². The largest absolute Gasteiger partial charge is 0.433 e. The van der Waals surface area contributed by atoms with Crippen molar-refractivity contribution in [2.75, 3.05) is 4.90 Å². The smallest absolute Gasteiger partial charge is 0.387 e. The molecule has 1 heterocycles. The molecular formula is C13H14F2N2O3. The molecule has 108 valence electrons. The molecule has 0 aliphatic carbocycles. The summed E-state index contributed by atoms with van der Waals surface area (Å²) < 4.78 is 29.2. The van der Waals surface area contributed by atoms with Gasteiger partial charge in [0.25, 0.3) is 0 Å². The molecule has 1 aliphatic rings. The summed E-state index contributed by atoms with van der Waals surface area (Å²) in [5, 5.41) is 2.52. The zero-order chi connectivity index (χ0) is 14.9. The summed E-state index contributed by atoms with van der Waals surface area (Å²) in [7, 11) is 0. The van der Waals surface area contributed by atoms with Crippen molar-refractivity contribution in [3.63, 3.8) is 0 Å². The van der Waals surface area contributed by atoms with Crippen LogP contribution in [0.15, 0.2) is 24.3 Å². The minimum Gasteiger partial charge on any atom is -0.433 e. The number of hydrogen-bond donors (Lipinski definition) is 1. The van der Waals surface area contributed by atoms with E-state index in [1.807, 2.05) is 0 Å². The Kier molecular flexibility index (Phi) is 3.87. The fourth-order valence-corrected chi connectivity index (χ4v) is 2.09. The van der Waals surface area contributed by atoms with Crippen LogP contribution >= 0.6 is 0 Å². The van der Waals surface area contributed by atoms with E-state index in [9.17, 15) is 18.4 Å². The molecule has 2 amide bonds. The number of piperazine rings is 1. The summed E-state index contributed by atoms with van der Waals surface area (Å²) in [6, 6.07) is 4.41. The van der Waals surface area contributed by atoms with Gasteiger partial charge in [0.2, 0.25) is 11.8 Å². The van der Waals surface area contributed by atoms with Crippen molar-refractivity contribution >= 4 is 17.5 Å². The Bertz CT molecular complexity index is 536. The van der Waals surface area contributed by atoms with Gasteiger partial charge in [-0.05, 0) is 26.0 Å². The van der Waals surface area contributed by atoms with E-state index in [4.69, 9.17) is 0 Å². The van der Waals surface area contributed by atoms with Gasteiger partial charge in [0, 0.05) is 0 Å². The summed E-state index contributed by atoms with van der Waals surface area (Å²) in [5.74, 6) is -0.851. The van der Waals surface area contributed by atoms with Crippen molar-refractivity contribution in [1.82, 2.24) is 5.32 Å². The minimum absolute atomic E-state index is 0.135. The van der Waals surface area contributed by atoms with Crippen LogP contribution in [0.5, 0.6) is 5.75 Å². The van der Waals surface area contributed by atoms with E-state index in [0.29, 0.717) is 0 Å². The highest BCUT2D eigenvalue weighted by Gasteiger charge is 2.38. The van der Waals surface area contributed by atoms with Crippen LogP contribution in [0.1, 0.15) is 13.8 Å². The molecule has 1 aliphatic heterocycles. The van der Waals surface area contributed by atoms with Gasteiger partial charge in [-0.3, -0.25) is 14.5 Å². The third kappa shape index (κ3) is 2.56. The van der Waals surface area contributed by atoms with Crippen LogP contribution < -0.4 is 15.0 Å². The molecule has 7 heteroatoms. The van der Waals surface area contributed by atoms with Gasteiger partial charge in [0.15, 0.2) is 0 Å². The average Bonchev–Trinajstić information content (AvgIpc) is 2.38. The molecule has 5 nitrogen and oxygen atoms in total. The quantitative estimate of drug-likeness (QED) is 0.915. The van der Waals surface area contributed by atoms with Crippen molar-refractivity contribution in [2.45, 2.75) is 32.5 Å². The minimum atomic E-state index is -3.00. The van der Waals surface area contributed by atoms with Crippen LogP contribution in [0.4, 0.5) is 14.5 Å². The standard InChI is InChI=1S/C13H14F2N2O3/c1-7-12(19)17(8(2)11(18)16-7)9-5-3-4-6-10(9)20-13(14)15/h3-8,13H,1-2H3,(H,16,18). The molecule has 1 aromatic carbocycles. The van der Waals surface area contributed by atoms with Gasteiger partial charge in [-0.15, -0.1) is 0 Å². The number of carbonyl (C=O) groups is 2. The van der Waals surface area contributed by atoms with Gasteiger partial charge in [0.1, 0.15) is 17.8 Å². The number of alkyl halides is 2. The highest BCUT2D eigenvalue weighted by Crippen LogP contribution is 2.32. The molecule has 0 spiro atoms. The number of benzene rings is 1. The monoisotopic (exact) mass is 284 g/mol. The fraction of sp³-hybridized carbons (Fsp3) is 0.385. The molecule has 1 saturated heterocycles. The third-order valence-electron chi connectivity index (χ3n) is 3.07. The molecule has 20 heavy (non-hydrogen) atoms. The van der Waals surface area contributed by atoms with Crippen LogP contribution in [0.2, 0.25) is 0 Å². The van der Waals surface area contributed by atoms with E-state index in [0.717, 1.165) is 0 Å². The third-order valence-corrected chi connectivity index (χ3v) is 3.07. The normalized spacial score (nSPS) is 22.9. The molecule has 2 rings (SSSR count). The van der Waals surface area contributed by atoms with Crippen molar-refractivity contribution in [3.05, 3.63) is 24.3 Å². The summed E-state index contributed by atoms with van der Waals surface area (Å²) >= 11 is 0. The van der Waals surface area contributed by atoms with Gasteiger partial charge >= 0.3 is 6.61 Å². The highest BCUT2D eigenvalue weighted by atomic mass is 19.3. The number of para-hydroxylation sites is 2. The number of ether oxygens (including phenoxy) is 1. The van der Waals surface area contributed by atoms with Crippen molar-refractivity contribution in [1.29, 1.82) is 0 Å². The van der Waals surface area contributed by atoms with Gasteiger partial charge in [-0.25, -0.2) is 0 Å². The lowest BCUT2D eigenvalue weighted by atomic mass is 10.1. The van der Waals surface area contributed by atoms with E-state index < -0.39 is 18.7 Å². The number of anilines is 1. The Morgan fingerprint density at radius 1 is 1.25 bits per heavy atom. The maximum atomic E-state index is 12.4. The van der Waals surface area contributed by atoms with Gasteiger partial charge in [0.05, 0.1) is 5.69 Å².